The van der Waals surface area contributed by atoms with Crippen LogP contribution in [-0.2, 0) is 9.59 Å². The molecule has 8 nitrogen and oxygen atoms in total. The number of hydrogen-bond donors (Lipinski definition) is 2. The summed E-state index contributed by atoms with van der Waals surface area (Å²) in [5, 5.41) is 11.3. The minimum absolute atomic E-state index is 0.0731. The number of aliphatic hydroxyl groups is 1. The number of carbonyl (C=O) groups excluding carboxylic acids is 2. The number of hydrogen-bond acceptors (Lipinski definition) is 5. The second-order valence-corrected chi connectivity index (χ2v) is 8.06. The van der Waals surface area contributed by atoms with Gasteiger partial charge in [0.15, 0.2) is 5.76 Å². The third kappa shape index (κ3) is 3.70. The molecule has 8 heteroatoms. The molecule has 0 saturated carbocycles. The van der Waals surface area contributed by atoms with E-state index in [1.807, 2.05) is 38.4 Å². The van der Waals surface area contributed by atoms with Crippen molar-refractivity contribution < 1.29 is 19.6 Å². The summed E-state index contributed by atoms with van der Waals surface area (Å²) in [7, 11) is 4.08. The maximum absolute atomic E-state index is 13.1. The Balaban J connectivity index is 1.86. The van der Waals surface area contributed by atoms with Crippen molar-refractivity contribution in [1.29, 1.82) is 0 Å². The minimum Gasteiger partial charge on any atom is -0.505 e. The molecule has 160 valence electrons. The van der Waals surface area contributed by atoms with Gasteiger partial charge in [-0.15, -0.1) is 0 Å². The molecule has 4 heterocycles. The summed E-state index contributed by atoms with van der Waals surface area (Å²) >= 11 is 0. The molecule has 0 bridgehead atoms. The Kier molecular flexibility index (Phi) is 5.56. The van der Waals surface area contributed by atoms with Crippen molar-refractivity contribution >= 4 is 23.1 Å². The summed E-state index contributed by atoms with van der Waals surface area (Å²) in [4.78, 5) is 37.6. The number of carbonyl (C=O) groups is 2. The monoisotopic (exact) mass is 420 g/mol. The van der Waals surface area contributed by atoms with Crippen LogP contribution in [0.3, 0.4) is 0 Å². The Hall–Kier alpha value is -3.52. The van der Waals surface area contributed by atoms with E-state index in [-0.39, 0.29) is 11.3 Å². The van der Waals surface area contributed by atoms with Crippen LogP contribution in [0.25, 0.3) is 11.4 Å². The Bertz CT molecular complexity index is 1170. The first-order chi connectivity index (χ1) is 14.9. The number of rotatable bonds is 6. The van der Waals surface area contributed by atoms with Gasteiger partial charge >= 0.3 is 0 Å². The Morgan fingerprint density at radius 2 is 2.00 bits per heavy atom. The van der Waals surface area contributed by atoms with Gasteiger partial charge in [-0.2, -0.15) is 0 Å². The van der Waals surface area contributed by atoms with Crippen molar-refractivity contribution in [2.75, 3.05) is 27.2 Å². The van der Waals surface area contributed by atoms with Crippen LogP contribution >= 0.6 is 0 Å². The lowest BCUT2D eigenvalue weighted by atomic mass is 9.97. The number of ketones is 1. The van der Waals surface area contributed by atoms with Gasteiger partial charge in [-0.1, -0.05) is 12.1 Å². The summed E-state index contributed by atoms with van der Waals surface area (Å²) in [5.41, 5.74) is 2.41. The van der Waals surface area contributed by atoms with Crippen LogP contribution < -0.4 is 4.90 Å². The smallest absolute Gasteiger partial charge is 0.295 e. The third-order valence-corrected chi connectivity index (χ3v) is 5.54. The van der Waals surface area contributed by atoms with Crippen LogP contribution in [0.15, 0.2) is 54.5 Å². The van der Waals surface area contributed by atoms with E-state index in [4.69, 9.17) is 0 Å². The highest BCUT2D eigenvalue weighted by Crippen LogP contribution is 2.39. The second-order valence-electron chi connectivity index (χ2n) is 8.06. The van der Waals surface area contributed by atoms with E-state index in [0.29, 0.717) is 29.1 Å². The number of nitrogens with one attached hydrogen (secondary N) is 1. The van der Waals surface area contributed by atoms with Crippen molar-refractivity contribution in [2.45, 2.75) is 19.4 Å². The molecule has 0 spiro atoms. The van der Waals surface area contributed by atoms with E-state index < -0.39 is 17.7 Å². The maximum Gasteiger partial charge on any atom is 0.295 e. The predicted molar refractivity (Wildman–Crippen MR) is 115 cm³/mol. The number of aromatic nitrogens is 3. The molecule has 3 aromatic heterocycles. The van der Waals surface area contributed by atoms with Crippen molar-refractivity contribution in [3.63, 3.8) is 0 Å². The lowest BCUT2D eigenvalue weighted by molar-refractivity contribution is -0.858. The number of aliphatic hydroxyl groups excluding tert-OH is 1. The van der Waals surface area contributed by atoms with E-state index in [1.54, 1.807) is 40.9 Å². The first-order valence-electron chi connectivity index (χ1n) is 10.3. The zero-order chi connectivity index (χ0) is 22.1. The highest BCUT2D eigenvalue weighted by Gasteiger charge is 2.46. The fraction of sp³-hybridized carbons (Fsp3) is 0.304. The first kappa shape index (κ1) is 20.7. The van der Waals surface area contributed by atoms with Gasteiger partial charge in [-0.25, -0.2) is 4.98 Å². The van der Waals surface area contributed by atoms with Crippen molar-refractivity contribution in [2.24, 2.45) is 0 Å². The number of nitrogens with zero attached hydrogens (tertiary/aromatic N) is 4. The number of amides is 1. The molecule has 2 N–H and O–H groups in total. The quantitative estimate of drug-likeness (QED) is 0.353. The highest BCUT2D eigenvalue weighted by atomic mass is 16.3. The van der Waals surface area contributed by atoms with Crippen LogP contribution in [0.2, 0.25) is 0 Å². The van der Waals surface area contributed by atoms with Gasteiger partial charge in [0.05, 0.1) is 37.9 Å². The van der Waals surface area contributed by atoms with Crippen LogP contribution in [0.5, 0.6) is 0 Å². The second kappa shape index (κ2) is 8.31. The van der Waals surface area contributed by atoms with Crippen LogP contribution in [0.4, 0.5) is 0 Å². The van der Waals surface area contributed by atoms with Crippen molar-refractivity contribution in [1.82, 2.24) is 19.3 Å². The first-order valence-corrected chi connectivity index (χ1v) is 10.3. The number of quaternary nitrogens is 1. The average Bonchev–Trinajstić information content (AvgIpc) is 3.22. The molecule has 0 aliphatic carbocycles. The number of imidazole rings is 1. The molecular weight excluding hydrogens is 394 g/mol. The normalized spacial score (nSPS) is 18.5. The van der Waals surface area contributed by atoms with E-state index in [9.17, 15) is 14.7 Å². The fourth-order valence-electron chi connectivity index (χ4n) is 4.12. The zero-order valence-electron chi connectivity index (χ0n) is 17.9. The molecule has 1 saturated heterocycles. The van der Waals surface area contributed by atoms with Gasteiger partial charge in [0, 0.05) is 31.6 Å². The Morgan fingerprint density at radius 1 is 1.19 bits per heavy atom. The summed E-state index contributed by atoms with van der Waals surface area (Å²) < 4.78 is 1.73. The third-order valence-electron chi connectivity index (χ3n) is 5.54. The molecule has 1 aliphatic heterocycles. The summed E-state index contributed by atoms with van der Waals surface area (Å²) in [5.74, 6) is -1.51. The van der Waals surface area contributed by atoms with Crippen LogP contribution in [-0.4, -0.2) is 63.3 Å². The summed E-state index contributed by atoms with van der Waals surface area (Å²) in [6, 6.07) is 8.39. The van der Waals surface area contributed by atoms with E-state index in [2.05, 4.69) is 9.97 Å². The Morgan fingerprint density at radius 3 is 2.71 bits per heavy atom. The number of pyridine rings is 2. The molecule has 1 amide bonds. The van der Waals surface area contributed by atoms with E-state index in [0.717, 1.165) is 13.0 Å². The molecule has 3 aromatic rings. The van der Waals surface area contributed by atoms with Gasteiger partial charge in [-0.05, 0) is 30.7 Å². The minimum atomic E-state index is -0.695. The van der Waals surface area contributed by atoms with E-state index in [1.165, 1.54) is 4.90 Å². The molecule has 0 aromatic carbocycles. The van der Waals surface area contributed by atoms with Gasteiger partial charge in [-0.3, -0.25) is 19.0 Å². The SMILES string of the molecule is Cc1nc2ccccn2c1C(O)=C1C(=O)C(=O)N(CCC[NH+](C)C)[C@H]1c1cccnc1. The summed E-state index contributed by atoms with van der Waals surface area (Å²) in [6.45, 7) is 3.05. The molecule has 1 atom stereocenters. The molecule has 31 heavy (non-hydrogen) atoms. The van der Waals surface area contributed by atoms with Gasteiger partial charge < -0.3 is 14.9 Å². The van der Waals surface area contributed by atoms with Gasteiger partial charge in [0.25, 0.3) is 11.7 Å². The largest absolute Gasteiger partial charge is 0.505 e. The average molecular weight is 420 g/mol. The van der Waals surface area contributed by atoms with Crippen LogP contribution in [0.1, 0.15) is 29.4 Å². The molecular formula is C23H26N5O3+. The Labute approximate surface area is 180 Å². The molecule has 0 unspecified atom stereocenters. The molecule has 1 aliphatic rings. The molecule has 1 fully saturated rings. The number of fused-ring (bicyclic) bond motifs is 1. The van der Waals surface area contributed by atoms with Gasteiger partial charge in [0.1, 0.15) is 11.3 Å². The number of aryl methyl sites for hydroxylation is 1. The van der Waals surface area contributed by atoms with Crippen LogP contribution in [0, 0.1) is 6.92 Å². The zero-order valence-corrected chi connectivity index (χ0v) is 17.9. The van der Waals surface area contributed by atoms with Crippen molar-refractivity contribution in [3.8, 4) is 0 Å². The predicted octanol–water partition coefficient (Wildman–Crippen LogP) is 0.994. The lowest BCUT2D eigenvalue weighted by Crippen LogP contribution is -3.05. The highest BCUT2D eigenvalue weighted by molar-refractivity contribution is 6.46. The van der Waals surface area contributed by atoms with E-state index >= 15 is 0 Å². The molecule has 4 rings (SSSR count). The number of likely N-dealkylation sites (tertiary alicyclic amines) is 1. The van der Waals surface area contributed by atoms with Gasteiger partial charge in [0.2, 0.25) is 0 Å². The number of Topliss-reactive ketones (excluding diaryl/α,β-unsaturated/α-hetero) is 1. The fourth-order valence-corrected chi connectivity index (χ4v) is 4.12. The molecule has 0 radical (unpaired) electrons. The van der Waals surface area contributed by atoms with Crippen molar-refractivity contribution in [3.05, 3.63) is 71.4 Å². The maximum atomic E-state index is 13.1. The standard InChI is InChI=1S/C23H25N5O3/c1-15-19(27-12-5-4-9-17(27)25-15)21(29)18-20(16-8-6-10-24-14-16)28(23(31)22(18)30)13-7-11-26(2)3/h4-6,8-10,12,14,20,29H,7,11,13H2,1-3H3/p+1/t20-/m0/s1. The lowest BCUT2D eigenvalue weighted by Gasteiger charge is -2.25. The topological polar surface area (TPSA) is 92.2 Å². The summed E-state index contributed by atoms with van der Waals surface area (Å²) in [6.07, 6.45) is 5.79.